The number of benzene rings is 8. The predicted molar refractivity (Wildman–Crippen MR) is 265 cm³/mol. The molecule has 12 rings (SSSR count). The summed E-state index contributed by atoms with van der Waals surface area (Å²) in [6, 6.07) is 70.8. The highest BCUT2D eigenvalue weighted by atomic mass is 15.2. The van der Waals surface area contributed by atoms with Gasteiger partial charge in [0.2, 0.25) is 0 Å². The van der Waals surface area contributed by atoms with Crippen LogP contribution in [0.25, 0.3) is 27.5 Å². The number of fused-ring (bicyclic) bond motifs is 7. The van der Waals surface area contributed by atoms with Crippen molar-refractivity contribution in [2.45, 2.75) is 76.0 Å². The third kappa shape index (κ3) is 6.23. The molecule has 1 atom stereocenters. The summed E-state index contributed by atoms with van der Waals surface area (Å²) in [5.74, 6) is 0.650. The molecule has 3 aliphatic carbocycles. The van der Waals surface area contributed by atoms with Crippen molar-refractivity contribution in [3.05, 3.63) is 221 Å². The van der Waals surface area contributed by atoms with Gasteiger partial charge in [-0.2, -0.15) is 0 Å². The number of hydrogen-bond acceptors (Lipinski definition) is 2. The van der Waals surface area contributed by atoms with Crippen molar-refractivity contribution >= 4 is 55.9 Å². The second kappa shape index (κ2) is 15.5. The van der Waals surface area contributed by atoms with Crippen molar-refractivity contribution in [3.8, 4) is 5.69 Å². The second-order valence-electron chi connectivity index (χ2n) is 18.3. The first kappa shape index (κ1) is 37.9. The quantitative estimate of drug-likeness (QED) is 0.151. The summed E-state index contributed by atoms with van der Waals surface area (Å²) in [4.78, 5) is 5.12. The van der Waals surface area contributed by atoms with Crippen molar-refractivity contribution in [1.29, 1.82) is 0 Å². The Labute approximate surface area is 371 Å². The number of nitrogens with zero attached hydrogens (tertiary/aromatic N) is 3. The summed E-state index contributed by atoms with van der Waals surface area (Å²) < 4.78 is 2.48. The van der Waals surface area contributed by atoms with E-state index in [-0.39, 0.29) is 5.41 Å². The van der Waals surface area contributed by atoms with Gasteiger partial charge in [0, 0.05) is 44.6 Å². The third-order valence-electron chi connectivity index (χ3n) is 14.9. The van der Waals surface area contributed by atoms with Crippen LogP contribution in [-0.4, -0.2) is 4.57 Å². The van der Waals surface area contributed by atoms with E-state index in [1.807, 2.05) is 0 Å². The molecule has 1 fully saturated rings. The number of aryl methyl sites for hydroxylation is 3. The van der Waals surface area contributed by atoms with Gasteiger partial charge in [-0.15, -0.1) is 0 Å². The van der Waals surface area contributed by atoms with Gasteiger partial charge < -0.3 is 14.4 Å². The van der Waals surface area contributed by atoms with Crippen LogP contribution in [0.2, 0.25) is 0 Å². The Hall–Kier alpha value is -6.84. The Morgan fingerprint density at radius 1 is 0.476 bits per heavy atom. The monoisotopic (exact) mass is 815 g/mol. The SMILES string of the molecule is Cc1cccc2c1c1ccc(N(c3ccc(C4CCCCC4)cc3)c3cccc4c3[C@]3(CCc5cccc(N(c6ccccc6)c6ccccc6)c53)CC4)cc1n2-c1ccccc1. The summed E-state index contributed by atoms with van der Waals surface area (Å²) in [7, 11) is 0. The average Bonchev–Trinajstić information content (AvgIpc) is 4.03. The molecule has 0 radical (unpaired) electrons. The molecular formula is C60H53N3. The highest BCUT2D eigenvalue weighted by Crippen LogP contribution is 2.60. The number of anilines is 6. The Balaban J connectivity index is 1.09. The first-order valence-corrected chi connectivity index (χ1v) is 23.3. The van der Waals surface area contributed by atoms with Gasteiger partial charge >= 0.3 is 0 Å². The molecule has 0 amide bonds. The summed E-state index contributed by atoms with van der Waals surface area (Å²) in [5, 5.41) is 2.61. The molecule has 308 valence electrons. The van der Waals surface area contributed by atoms with Gasteiger partial charge in [-0.3, -0.25) is 0 Å². The normalized spacial score (nSPS) is 17.0. The number of para-hydroxylation sites is 3. The Morgan fingerprint density at radius 2 is 1.02 bits per heavy atom. The fourth-order valence-electron chi connectivity index (χ4n) is 12.1. The van der Waals surface area contributed by atoms with Gasteiger partial charge in [0.15, 0.2) is 0 Å². The molecule has 8 aromatic carbocycles. The molecule has 1 aromatic heterocycles. The fourth-order valence-corrected chi connectivity index (χ4v) is 12.1. The third-order valence-corrected chi connectivity index (χ3v) is 14.9. The molecule has 9 aromatic rings. The van der Waals surface area contributed by atoms with Crippen molar-refractivity contribution in [2.75, 3.05) is 9.80 Å². The van der Waals surface area contributed by atoms with Crippen molar-refractivity contribution in [3.63, 3.8) is 0 Å². The molecule has 3 nitrogen and oxygen atoms in total. The molecule has 63 heavy (non-hydrogen) atoms. The Morgan fingerprint density at radius 3 is 1.63 bits per heavy atom. The molecule has 0 unspecified atom stereocenters. The average molecular weight is 816 g/mol. The van der Waals surface area contributed by atoms with Crippen molar-refractivity contribution < 1.29 is 0 Å². The first-order chi connectivity index (χ1) is 31.2. The van der Waals surface area contributed by atoms with Crippen LogP contribution in [0.5, 0.6) is 0 Å². The van der Waals surface area contributed by atoms with E-state index in [0.29, 0.717) is 5.92 Å². The van der Waals surface area contributed by atoms with Crippen LogP contribution in [-0.2, 0) is 18.3 Å². The Bertz CT molecular complexity index is 3060. The van der Waals surface area contributed by atoms with Gasteiger partial charge in [0.25, 0.3) is 0 Å². The van der Waals surface area contributed by atoms with E-state index in [0.717, 1.165) is 25.7 Å². The van der Waals surface area contributed by atoms with Crippen LogP contribution in [0, 0.1) is 6.92 Å². The lowest BCUT2D eigenvalue weighted by atomic mass is 9.74. The lowest BCUT2D eigenvalue weighted by molar-refractivity contribution is 0.443. The molecule has 0 aliphatic heterocycles. The summed E-state index contributed by atoms with van der Waals surface area (Å²) in [6.45, 7) is 2.25. The van der Waals surface area contributed by atoms with E-state index in [1.165, 1.54) is 127 Å². The lowest BCUT2D eigenvalue weighted by Crippen LogP contribution is -2.27. The van der Waals surface area contributed by atoms with E-state index < -0.39 is 0 Å². The number of rotatable bonds is 8. The highest BCUT2D eigenvalue weighted by molar-refractivity contribution is 6.12. The minimum atomic E-state index is -0.153. The maximum Gasteiger partial charge on any atom is 0.0562 e. The minimum Gasteiger partial charge on any atom is -0.310 e. The van der Waals surface area contributed by atoms with Crippen LogP contribution in [0.4, 0.5) is 34.1 Å². The molecule has 1 saturated carbocycles. The molecule has 1 heterocycles. The zero-order valence-corrected chi connectivity index (χ0v) is 36.2. The minimum absolute atomic E-state index is 0.153. The van der Waals surface area contributed by atoms with Crippen molar-refractivity contribution in [2.24, 2.45) is 0 Å². The molecule has 0 saturated heterocycles. The van der Waals surface area contributed by atoms with Crippen LogP contribution in [0.3, 0.4) is 0 Å². The van der Waals surface area contributed by atoms with E-state index in [1.54, 1.807) is 0 Å². The lowest BCUT2D eigenvalue weighted by Gasteiger charge is -2.37. The van der Waals surface area contributed by atoms with Crippen LogP contribution < -0.4 is 9.80 Å². The van der Waals surface area contributed by atoms with E-state index in [4.69, 9.17) is 0 Å². The van der Waals surface area contributed by atoms with E-state index in [2.05, 4.69) is 209 Å². The van der Waals surface area contributed by atoms with Crippen molar-refractivity contribution in [1.82, 2.24) is 4.57 Å². The molecule has 3 heteroatoms. The fraction of sp³-hybridized carbons (Fsp3) is 0.200. The number of hydrogen-bond donors (Lipinski definition) is 0. The van der Waals surface area contributed by atoms with Crippen LogP contribution >= 0.6 is 0 Å². The molecule has 1 spiro atoms. The van der Waals surface area contributed by atoms with Gasteiger partial charge in [-0.1, -0.05) is 128 Å². The van der Waals surface area contributed by atoms with Gasteiger partial charge in [0.05, 0.1) is 22.4 Å². The topological polar surface area (TPSA) is 11.4 Å². The molecular weight excluding hydrogens is 763 g/mol. The zero-order valence-electron chi connectivity index (χ0n) is 36.2. The van der Waals surface area contributed by atoms with Gasteiger partial charge in [0.1, 0.15) is 0 Å². The zero-order chi connectivity index (χ0) is 41.9. The Kier molecular flexibility index (Phi) is 9.32. The maximum absolute atomic E-state index is 2.61. The van der Waals surface area contributed by atoms with Gasteiger partial charge in [-0.05, 0) is 164 Å². The standard InChI is InChI=1S/C60H53N3/c1-42-17-14-28-53-57(42)52-36-35-51(41-56(52)63(53)49-26-12-5-13-27-49)62(50-33-31-44(32-34-50)43-18-6-2-7-19-43)55-30-16-21-46-38-40-60(59(46)55)39-37-45-20-15-29-54(58(45)60)61(47-22-8-3-9-23-47)48-24-10-4-11-25-48/h3-5,8-17,20-36,41,43H,2,6-7,18-19,37-40H2,1H3/t60-/m1/s1. The summed E-state index contributed by atoms with van der Waals surface area (Å²) in [5.41, 5.74) is 19.6. The summed E-state index contributed by atoms with van der Waals surface area (Å²) in [6.07, 6.45) is 10.9. The van der Waals surface area contributed by atoms with E-state index >= 15 is 0 Å². The highest BCUT2D eigenvalue weighted by Gasteiger charge is 2.49. The number of aromatic nitrogens is 1. The second-order valence-corrected chi connectivity index (χ2v) is 18.3. The van der Waals surface area contributed by atoms with Crippen LogP contribution in [0.1, 0.15) is 84.2 Å². The van der Waals surface area contributed by atoms with E-state index in [9.17, 15) is 0 Å². The summed E-state index contributed by atoms with van der Waals surface area (Å²) >= 11 is 0. The predicted octanol–water partition coefficient (Wildman–Crippen LogP) is 16.3. The molecule has 0 bridgehead atoms. The largest absolute Gasteiger partial charge is 0.310 e. The molecule has 0 N–H and O–H groups in total. The van der Waals surface area contributed by atoms with Gasteiger partial charge in [-0.25, -0.2) is 0 Å². The molecule has 3 aliphatic rings. The maximum atomic E-state index is 2.61. The smallest absolute Gasteiger partial charge is 0.0562 e. The first-order valence-electron chi connectivity index (χ1n) is 23.3. The van der Waals surface area contributed by atoms with Crippen LogP contribution in [0.15, 0.2) is 188 Å².